The van der Waals surface area contributed by atoms with Crippen molar-refractivity contribution in [3.63, 3.8) is 0 Å². The van der Waals surface area contributed by atoms with Gasteiger partial charge in [-0.2, -0.15) is 0 Å². The van der Waals surface area contributed by atoms with E-state index in [2.05, 4.69) is 84.9 Å². The van der Waals surface area contributed by atoms with Crippen LogP contribution in [0.25, 0.3) is 10.8 Å². The van der Waals surface area contributed by atoms with E-state index in [1.54, 1.807) is 0 Å². The third kappa shape index (κ3) is 3.71. The molecule has 0 saturated heterocycles. The molecule has 4 aromatic carbocycles. The summed E-state index contributed by atoms with van der Waals surface area (Å²) in [5.41, 5.74) is 9.49. The molecule has 0 atom stereocenters. The van der Waals surface area contributed by atoms with Crippen molar-refractivity contribution in [2.24, 2.45) is 9.98 Å². The maximum absolute atomic E-state index is 5.43. The van der Waals surface area contributed by atoms with E-state index >= 15 is 0 Å². The van der Waals surface area contributed by atoms with E-state index in [0.717, 1.165) is 22.8 Å². The van der Waals surface area contributed by atoms with Crippen LogP contribution in [0, 0.1) is 0 Å². The van der Waals surface area contributed by atoms with Gasteiger partial charge in [-0.05, 0) is 66.2 Å². The highest BCUT2D eigenvalue weighted by molar-refractivity contribution is 6.61. The van der Waals surface area contributed by atoms with Crippen molar-refractivity contribution in [1.82, 2.24) is 0 Å². The molecule has 3 aliphatic carbocycles. The molecule has 4 aromatic rings. The zero-order chi connectivity index (χ0) is 23.9. The van der Waals surface area contributed by atoms with Crippen molar-refractivity contribution in [3.05, 3.63) is 107 Å². The standard InChI is InChI=1S/C34H32N2/c1-2-12-23(11-1)26-17-5-7-21-30(26)35-33-28-19-9-15-25-16-10-20-29(32(25)28)34(33)36-31-22-8-6-18-27(31)24-13-3-4-14-24/h5-10,15-24H,1-4,11-14H2. The zero-order valence-corrected chi connectivity index (χ0v) is 20.8. The average molecular weight is 469 g/mol. The van der Waals surface area contributed by atoms with Gasteiger partial charge in [-0.1, -0.05) is 98.5 Å². The van der Waals surface area contributed by atoms with Crippen molar-refractivity contribution in [3.8, 4) is 0 Å². The van der Waals surface area contributed by atoms with Gasteiger partial charge in [-0.15, -0.1) is 0 Å². The lowest BCUT2D eigenvalue weighted by Crippen LogP contribution is -2.11. The molecule has 0 N–H and O–H groups in total. The number of aliphatic imine (C=N–C) groups is 2. The summed E-state index contributed by atoms with van der Waals surface area (Å²) in [4.78, 5) is 10.9. The average Bonchev–Trinajstić information content (AvgIpc) is 3.70. The maximum atomic E-state index is 5.43. The highest BCUT2D eigenvalue weighted by atomic mass is 14.8. The minimum absolute atomic E-state index is 0.619. The monoisotopic (exact) mass is 468 g/mol. The number of nitrogens with zero attached hydrogens (tertiary/aromatic N) is 2. The zero-order valence-electron chi connectivity index (χ0n) is 20.8. The second-order valence-corrected chi connectivity index (χ2v) is 10.7. The number of rotatable bonds is 4. The van der Waals surface area contributed by atoms with E-state index in [1.165, 1.54) is 84.4 Å². The number of hydrogen-bond donors (Lipinski definition) is 0. The molecule has 0 aliphatic heterocycles. The molecule has 0 spiro atoms. The van der Waals surface area contributed by atoms with Crippen LogP contribution in [-0.4, -0.2) is 11.4 Å². The van der Waals surface area contributed by atoms with Crippen molar-refractivity contribution in [2.75, 3.05) is 0 Å². The third-order valence-corrected chi connectivity index (χ3v) is 8.57. The van der Waals surface area contributed by atoms with Crippen molar-refractivity contribution < 1.29 is 0 Å². The minimum Gasteiger partial charge on any atom is -0.246 e. The van der Waals surface area contributed by atoms with Gasteiger partial charge in [0, 0.05) is 16.5 Å². The molecule has 0 unspecified atom stereocenters. The van der Waals surface area contributed by atoms with E-state index in [1.807, 2.05) is 0 Å². The predicted octanol–water partition coefficient (Wildman–Crippen LogP) is 9.41. The minimum atomic E-state index is 0.619. The molecule has 0 radical (unpaired) electrons. The van der Waals surface area contributed by atoms with E-state index in [-0.39, 0.29) is 0 Å². The molecule has 0 amide bonds. The van der Waals surface area contributed by atoms with Crippen LogP contribution in [0.4, 0.5) is 11.4 Å². The molecule has 36 heavy (non-hydrogen) atoms. The van der Waals surface area contributed by atoms with Gasteiger partial charge in [0.25, 0.3) is 0 Å². The first-order valence-electron chi connectivity index (χ1n) is 13.7. The Morgan fingerprint density at radius 3 is 1.39 bits per heavy atom. The van der Waals surface area contributed by atoms with Gasteiger partial charge in [0.2, 0.25) is 0 Å². The van der Waals surface area contributed by atoms with Gasteiger partial charge < -0.3 is 0 Å². The van der Waals surface area contributed by atoms with E-state index in [9.17, 15) is 0 Å². The number of para-hydroxylation sites is 2. The molecule has 2 saturated carbocycles. The summed E-state index contributed by atoms with van der Waals surface area (Å²) in [6, 6.07) is 30.8. The van der Waals surface area contributed by atoms with Crippen LogP contribution in [0.15, 0.2) is 94.9 Å². The van der Waals surface area contributed by atoms with Crippen LogP contribution in [0.3, 0.4) is 0 Å². The summed E-state index contributed by atoms with van der Waals surface area (Å²) < 4.78 is 0. The van der Waals surface area contributed by atoms with Gasteiger partial charge in [-0.3, -0.25) is 0 Å². The van der Waals surface area contributed by atoms with Crippen LogP contribution in [0.2, 0.25) is 0 Å². The highest BCUT2D eigenvalue weighted by Crippen LogP contribution is 2.42. The predicted molar refractivity (Wildman–Crippen MR) is 152 cm³/mol. The van der Waals surface area contributed by atoms with Crippen molar-refractivity contribution in [2.45, 2.75) is 63.2 Å². The van der Waals surface area contributed by atoms with Gasteiger partial charge in [0.15, 0.2) is 0 Å². The second-order valence-electron chi connectivity index (χ2n) is 10.7. The molecule has 2 nitrogen and oxygen atoms in total. The van der Waals surface area contributed by atoms with Crippen LogP contribution < -0.4 is 0 Å². The third-order valence-electron chi connectivity index (χ3n) is 8.57. The molecule has 0 aromatic heterocycles. The summed E-state index contributed by atoms with van der Waals surface area (Å²) >= 11 is 0. The smallest absolute Gasteiger partial charge is 0.0978 e. The van der Waals surface area contributed by atoms with E-state index in [4.69, 9.17) is 9.98 Å². The lowest BCUT2D eigenvalue weighted by Gasteiger charge is -2.15. The fourth-order valence-electron chi connectivity index (χ4n) is 6.80. The normalized spacial score (nSPS) is 20.3. The van der Waals surface area contributed by atoms with Crippen LogP contribution in [-0.2, 0) is 0 Å². The summed E-state index contributed by atoms with van der Waals surface area (Å²) in [5, 5.41) is 2.55. The molecule has 178 valence electrons. The first-order chi connectivity index (χ1) is 17.9. The Kier molecular flexibility index (Phi) is 5.54. The summed E-state index contributed by atoms with van der Waals surface area (Å²) in [5.74, 6) is 1.24. The van der Waals surface area contributed by atoms with Crippen LogP contribution >= 0.6 is 0 Å². The molecule has 0 heterocycles. The highest BCUT2D eigenvalue weighted by Gasteiger charge is 2.29. The molecule has 2 fully saturated rings. The maximum Gasteiger partial charge on any atom is 0.0978 e. The fourth-order valence-corrected chi connectivity index (χ4v) is 6.80. The van der Waals surface area contributed by atoms with Gasteiger partial charge in [-0.25, -0.2) is 9.98 Å². The van der Waals surface area contributed by atoms with Crippen LogP contribution in [0.1, 0.15) is 85.5 Å². The summed E-state index contributed by atoms with van der Waals surface area (Å²) in [6.45, 7) is 0. The summed E-state index contributed by atoms with van der Waals surface area (Å²) in [6.07, 6.45) is 10.4. The Hall–Kier alpha value is -3.52. The first-order valence-corrected chi connectivity index (χ1v) is 13.7. The Morgan fingerprint density at radius 1 is 0.472 bits per heavy atom. The molecule has 7 rings (SSSR count). The number of benzene rings is 4. The van der Waals surface area contributed by atoms with Crippen molar-refractivity contribution in [1.29, 1.82) is 0 Å². The Morgan fingerprint density at radius 2 is 0.917 bits per heavy atom. The fraction of sp³-hybridized carbons (Fsp3) is 0.294. The van der Waals surface area contributed by atoms with Gasteiger partial charge in [0.1, 0.15) is 0 Å². The molecule has 2 heteroatoms. The lowest BCUT2D eigenvalue weighted by molar-refractivity contribution is 0.724. The van der Waals surface area contributed by atoms with E-state index < -0.39 is 0 Å². The SMILES string of the molecule is c1ccc(C2CCCC2)c(N=C2C(=Nc3ccccc3C3CCCC3)c3cccc4cccc2c34)c1. The Labute approximate surface area is 213 Å². The molecule has 0 bridgehead atoms. The Bertz CT molecular complexity index is 1390. The topological polar surface area (TPSA) is 24.7 Å². The Balaban J connectivity index is 1.44. The lowest BCUT2D eigenvalue weighted by atomic mass is 9.95. The summed E-state index contributed by atoms with van der Waals surface area (Å²) in [7, 11) is 0. The van der Waals surface area contributed by atoms with Crippen LogP contribution in [0.5, 0.6) is 0 Å². The first kappa shape index (κ1) is 21.7. The van der Waals surface area contributed by atoms with Gasteiger partial charge in [0.05, 0.1) is 22.8 Å². The molecular weight excluding hydrogens is 436 g/mol. The van der Waals surface area contributed by atoms with Gasteiger partial charge >= 0.3 is 0 Å². The van der Waals surface area contributed by atoms with E-state index in [0.29, 0.717) is 11.8 Å². The quantitative estimate of drug-likeness (QED) is 0.285. The molecule has 3 aliphatic rings. The molecular formula is C34H32N2. The second kappa shape index (κ2) is 9.17. The largest absolute Gasteiger partial charge is 0.246 e. The van der Waals surface area contributed by atoms with Crippen molar-refractivity contribution >= 4 is 33.6 Å². The number of hydrogen-bond acceptors (Lipinski definition) is 2.